The highest BCUT2D eigenvalue weighted by atomic mass is 16.2. The van der Waals surface area contributed by atoms with Crippen LogP contribution in [-0.4, -0.2) is 25.2 Å². The van der Waals surface area contributed by atoms with Crippen molar-refractivity contribution in [2.24, 2.45) is 0 Å². The third-order valence-electron chi connectivity index (χ3n) is 4.27. The minimum atomic E-state index is -0.145. The van der Waals surface area contributed by atoms with Crippen molar-refractivity contribution < 1.29 is 4.79 Å². The Morgan fingerprint density at radius 2 is 1.87 bits per heavy atom. The van der Waals surface area contributed by atoms with E-state index in [4.69, 9.17) is 0 Å². The van der Waals surface area contributed by atoms with Crippen molar-refractivity contribution in [1.29, 1.82) is 0 Å². The van der Waals surface area contributed by atoms with Gasteiger partial charge in [0.25, 0.3) is 0 Å². The fraction of sp³-hybridized carbons (Fsp3) is 0.316. The first kappa shape index (κ1) is 15.4. The molecule has 0 bridgehead atoms. The van der Waals surface area contributed by atoms with E-state index in [0.29, 0.717) is 12.6 Å². The van der Waals surface area contributed by atoms with Gasteiger partial charge in [-0.15, -0.1) is 0 Å². The molecule has 1 heterocycles. The number of nitrogens with one attached hydrogen (secondary N) is 2. The summed E-state index contributed by atoms with van der Waals surface area (Å²) in [5, 5.41) is 5.87. The van der Waals surface area contributed by atoms with Gasteiger partial charge in [-0.2, -0.15) is 0 Å². The topological polar surface area (TPSA) is 44.4 Å². The summed E-state index contributed by atoms with van der Waals surface area (Å²) in [6.07, 6.45) is 2.28. The zero-order chi connectivity index (χ0) is 16.1. The van der Waals surface area contributed by atoms with Gasteiger partial charge in [0.1, 0.15) is 0 Å². The molecule has 0 spiro atoms. The summed E-state index contributed by atoms with van der Waals surface area (Å²) in [6, 6.07) is 18.4. The Morgan fingerprint density at radius 3 is 2.61 bits per heavy atom. The molecule has 2 aromatic carbocycles. The van der Waals surface area contributed by atoms with Crippen LogP contribution >= 0.6 is 0 Å². The van der Waals surface area contributed by atoms with E-state index >= 15 is 0 Å². The SMILES string of the molecule is Cc1ccc(NC(=O)NCC2CCCN2c2ccccc2)cc1. The average molecular weight is 309 g/mol. The molecule has 1 saturated heterocycles. The molecule has 1 atom stereocenters. The van der Waals surface area contributed by atoms with Gasteiger partial charge >= 0.3 is 6.03 Å². The second-order valence-electron chi connectivity index (χ2n) is 6.03. The monoisotopic (exact) mass is 309 g/mol. The van der Waals surface area contributed by atoms with Crippen molar-refractivity contribution in [3.8, 4) is 0 Å². The number of benzene rings is 2. The third kappa shape index (κ3) is 4.03. The molecular formula is C19H23N3O. The van der Waals surface area contributed by atoms with Gasteiger partial charge in [0.05, 0.1) is 0 Å². The van der Waals surface area contributed by atoms with Crippen LogP contribution < -0.4 is 15.5 Å². The van der Waals surface area contributed by atoms with E-state index in [0.717, 1.165) is 18.7 Å². The quantitative estimate of drug-likeness (QED) is 0.902. The number of carbonyl (C=O) groups excluding carboxylic acids is 1. The zero-order valence-electron chi connectivity index (χ0n) is 13.5. The predicted molar refractivity (Wildman–Crippen MR) is 95.0 cm³/mol. The summed E-state index contributed by atoms with van der Waals surface area (Å²) in [4.78, 5) is 14.4. The molecule has 0 saturated carbocycles. The van der Waals surface area contributed by atoms with Crippen LogP contribution in [0.5, 0.6) is 0 Å². The lowest BCUT2D eigenvalue weighted by Crippen LogP contribution is -2.41. The predicted octanol–water partition coefficient (Wildman–Crippen LogP) is 3.79. The van der Waals surface area contributed by atoms with E-state index in [-0.39, 0.29) is 6.03 Å². The van der Waals surface area contributed by atoms with Gasteiger partial charge in [-0.25, -0.2) is 4.79 Å². The molecule has 120 valence electrons. The van der Waals surface area contributed by atoms with Crippen molar-refractivity contribution >= 4 is 17.4 Å². The maximum atomic E-state index is 12.1. The van der Waals surface area contributed by atoms with Crippen molar-refractivity contribution in [2.75, 3.05) is 23.3 Å². The largest absolute Gasteiger partial charge is 0.367 e. The van der Waals surface area contributed by atoms with E-state index in [1.165, 1.54) is 17.7 Å². The van der Waals surface area contributed by atoms with Crippen LogP contribution in [0.2, 0.25) is 0 Å². The van der Waals surface area contributed by atoms with Crippen LogP contribution in [0.4, 0.5) is 16.2 Å². The van der Waals surface area contributed by atoms with Crippen molar-refractivity contribution in [3.05, 3.63) is 60.2 Å². The number of hydrogen-bond acceptors (Lipinski definition) is 2. The van der Waals surface area contributed by atoms with Gasteiger partial charge in [-0.1, -0.05) is 35.9 Å². The summed E-state index contributed by atoms with van der Waals surface area (Å²) in [7, 11) is 0. The highest BCUT2D eigenvalue weighted by Crippen LogP contribution is 2.24. The molecule has 1 aliphatic rings. The first-order chi connectivity index (χ1) is 11.2. The van der Waals surface area contributed by atoms with E-state index in [9.17, 15) is 4.79 Å². The molecule has 2 N–H and O–H groups in total. The van der Waals surface area contributed by atoms with Crippen molar-refractivity contribution in [1.82, 2.24) is 5.32 Å². The molecule has 0 aromatic heterocycles. The standard InChI is InChI=1S/C19H23N3O/c1-15-9-11-16(12-10-15)21-19(23)20-14-18-8-5-13-22(18)17-6-3-2-4-7-17/h2-4,6-7,9-12,18H,5,8,13-14H2,1H3,(H2,20,21,23). The molecule has 1 unspecified atom stereocenters. The molecule has 0 aliphatic carbocycles. The zero-order valence-corrected chi connectivity index (χ0v) is 13.5. The third-order valence-corrected chi connectivity index (χ3v) is 4.27. The van der Waals surface area contributed by atoms with E-state index in [1.54, 1.807) is 0 Å². The molecule has 2 amide bonds. The maximum absolute atomic E-state index is 12.1. The number of rotatable bonds is 4. The molecular weight excluding hydrogens is 286 g/mol. The number of aryl methyl sites for hydroxylation is 1. The molecule has 0 radical (unpaired) electrons. The van der Waals surface area contributed by atoms with E-state index < -0.39 is 0 Å². The molecule has 4 heteroatoms. The van der Waals surface area contributed by atoms with Crippen molar-refractivity contribution in [3.63, 3.8) is 0 Å². The Bertz CT molecular complexity index is 639. The van der Waals surface area contributed by atoms with Crippen LogP contribution in [0.3, 0.4) is 0 Å². The first-order valence-electron chi connectivity index (χ1n) is 8.15. The number of urea groups is 1. The Hall–Kier alpha value is -2.49. The molecule has 2 aromatic rings. The van der Waals surface area contributed by atoms with Crippen LogP contribution in [0, 0.1) is 6.92 Å². The van der Waals surface area contributed by atoms with Gasteiger partial charge in [-0.05, 0) is 44.0 Å². The molecule has 3 rings (SSSR count). The van der Waals surface area contributed by atoms with E-state index in [2.05, 4.69) is 39.8 Å². The van der Waals surface area contributed by atoms with Crippen molar-refractivity contribution in [2.45, 2.75) is 25.8 Å². The second kappa shape index (κ2) is 7.18. The minimum Gasteiger partial charge on any atom is -0.367 e. The number of hydrogen-bond donors (Lipinski definition) is 2. The van der Waals surface area contributed by atoms with Gasteiger partial charge in [0.2, 0.25) is 0 Å². The maximum Gasteiger partial charge on any atom is 0.319 e. The van der Waals surface area contributed by atoms with Gasteiger partial charge in [-0.3, -0.25) is 0 Å². The fourth-order valence-electron chi connectivity index (χ4n) is 3.03. The number of carbonyl (C=O) groups is 1. The Balaban J connectivity index is 1.53. The number of nitrogens with zero attached hydrogens (tertiary/aromatic N) is 1. The average Bonchev–Trinajstić information content (AvgIpc) is 3.04. The Labute approximate surface area is 137 Å². The van der Waals surface area contributed by atoms with Crippen LogP contribution in [0.15, 0.2) is 54.6 Å². The lowest BCUT2D eigenvalue weighted by atomic mass is 10.2. The van der Waals surface area contributed by atoms with Crippen LogP contribution in [-0.2, 0) is 0 Å². The smallest absolute Gasteiger partial charge is 0.319 e. The fourth-order valence-corrected chi connectivity index (χ4v) is 3.03. The Morgan fingerprint density at radius 1 is 1.13 bits per heavy atom. The molecule has 4 nitrogen and oxygen atoms in total. The highest BCUT2D eigenvalue weighted by molar-refractivity contribution is 5.89. The summed E-state index contributed by atoms with van der Waals surface area (Å²) < 4.78 is 0. The normalized spacial score (nSPS) is 17.1. The van der Waals surface area contributed by atoms with Gasteiger partial charge in [0, 0.05) is 30.5 Å². The van der Waals surface area contributed by atoms with E-state index in [1.807, 2.05) is 37.3 Å². The molecule has 1 fully saturated rings. The minimum absolute atomic E-state index is 0.145. The van der Waals surface area contributed by atoms with Crippen LogP contribution in [0.1, 0.15) is 18.4 Å². The summed E-state index contributed by atoms with van der Waals surface area (Å²) >= 11 is 0. The Kier molecular flexibility index (Phi) is 4.81. The first-order valence-corrected chi connectivity index (χ1v) is 8.15. The van der Waals surface area contributed by atoms with Crippen LogP contribution in [0.25, 0.3) is 0 Å². The lowest BCUT2D eigenvalue weighted by Gasteiger charge is -2.27. The second-order valence-corrected chi connectivity index (χ2v) is 6.03. The number of amides is 2. The van der Waals surface area contributed by atoms with Gasteiger partial charge < -0.3 is 15.5 Å². The summed E-state index contributed by atoms with van der Waals surface area (Å²) in [5.74, 6) is 0. The van der Waals surface area contributed by atoms with Gasteiger partial charge in [0.15, 0.2) is 0 Å². The summed E-state index contributed by atoms with van der Waals surface area (Å²) in [5.41, 5.74) is 3.23. The number of para-hydroxylation sites is 1. The molecule has 23 heavy (non-hydrogen) atoms. The lowest BCUT2D eigenvalue weighted by molar-refractivity contribution is 0.251. The highest BCUT2D eigenvalue weighted by Gasteiger charge is 2.24. The summed E-state index contributed by atoms with van der Waals surface area (Å²) in [6.45, 7) is 3.74. The molecule has 1 aliphatic heterocycles. The number of anilines is 2.